The number of hydrogen-bond donors (Lipinski definition) is 1. The zero-order chi connectivity index (χ0) is 12.6. The molecular formula is C15H20N2O. The molecule has 1 N–H and O–H groups in total. The Balaban J connectivity index is 1.80. The smallest absolute Gasteiger partial charge is 0.243 e. The van der Waals surface area contributed by atoms with E-state index in [9.17, 15) is 4.79 Å². The number of benzene rings is 1. The van der Waals surface area contributed by atoms with E-state index in [1.165, 1.54) is 5.56 Å². The van der Waals surface area contributed by atoms with E-state index in [1.807, 2.05) is 23.1 Å². The van der Waals surface area contributed by atoms with Gasteiger partial charge in [-0.3, -0.25) is 4.79 Å². The minimum absolute atomic E-state index is 0.181. The van der Waals surface area contributed by atoms with Crippen LogP contribution in [0.5, 0.6) is 0 Å². The van der Waals surface area contributed by atoms with Gasteiger partial charge in [0.25, 0.3) is 0 Å². The number of likely N-dealkylation sites (tertiary alicyclic amines) is 1. The van der Waals surface area contributed by atoms with Crippen LogP contribution in [0.1, 0.15) is 37.8 Å². The summed E-state index contributed by atoms with van der Waals surface area (Å²) in [4.78, 5) is 14.6. The van der Waals surface area contributed by atoms with E-state index in [-0.39, 0.29) is 11.6 Å². The van der Waals surface area contributed by atoms with Crippen molar-refractivity contribution in [3.8, 4) is 0 Å². The van der Waals surface area contributed by atoms with Gasteiger partial charge in [-0.05, 0) is 38.3 Å². The minimum Gasteiger partial charge on any atom is -0.334 e. The van der Waals surface area contributed by atoms with Crippen LogP contribution in [0.4, 0.5) is 0 Å². The summed E-state index contributed by atoms with van der Waals surface area (Å²) < 4.78 is 0. The van der Waals surface area contributed by atoms with Crippen molar-refractivity contribution in [2.45, 2.75) is 37.8 Å². The number of nitrogens with zero attached hydrogens (tertiary/aromatic N) is 1. The molecule has 1 amide bonds. The zero-order valence-corrected chi connectivity index (χ0v) is 10.9. The molecule has 96 valence electrons. The van der Waals surface area contributed by atoms with Gasteiger partial charge in [-0.15, -0.1) is 0 Å². The van der Waals surface area contributed by atoms with Crippen LogP contribution in [0.2, 0.25) is 0 Å². The summed E-state index contributed by atoms with van der Waals surface area (Å²) in [6.07, 6.45) is 3.09. The normalized spacial score (nSPS) is 29.2. The van der Waals surface area contributed by atoms with Crippen molar-refractivity contribution in [2.24, 2.45) is 0 Å². The molecule has 3 nitrogen and oxygen atoms in total. The van der Waals surface area contributed by atoms with Crippen LogP contribution in [-0.4, -0.2) is 29.4 Å². The molecule has 0 bridgehead atoms. The molecule has 18 heavy (non-hydrogen) atoms. The molecule has 0 saturated carbocycles. The fraction of sp³-hybridized carbons (Fsp3) is 0.533. The van der Waals surface area contributed by atoms with Crippen molar-refractivity contribution in [1.82, 2.24) is 10.2 Å². The Bertz CT molecular complexity index is 437. The molecule has 1 aromatic carbocycles. The summed E-state index contributed by atoms with van der Waals surface area (Å²) in [5, 5.41) is 3.43. The molecule has 2 fully saturated rings. The molecule has 2 saturated heterocycles. The second kappa shape index (κ2) is 4.39. The quantitative estimate of drug-likeness (QED) is 0.864. The van der Waals surface area contributed by atoms with Gasteiger partial charge in [0.05, 0.1) is 11.6 Å². The first kappa shape index (κ1) is 11.7. The van der Waals surface area contributed by atoms with Gasteiger partial charge in [0.15, 0.2) is 0 Å². The van der Waals surface area contributed by atoms with Crippen molar-refractivity contribution >= 4 is 5.91 Å². The highest BCUT2D eigenvalue weighted by Gasteiger charge is 2.49. The van der Waals surface area contributed by atoms with Gasteiger partial charge < -0.3 is 10.2 Å². The molecule has 3 heteroatoms. The van der Waals surface area contributed by atoms with Crippen LogP contribution < -0.4 is 5.32 Å². The largest absolute Gasteiger partial charge is 0.334 e. The Morgan fingerprint density at radius 3 is 2.72 bits per heavy atom. The van der Waals surface area contributed by atoms with E-state index in [4.69, 9.17) is 0 Å². The minimum atomic E-state index is -0.233. The van der Waals surface area contributed by atoms with Crippen LogP contribution in [0.25, 0.3) is 0 Å². The standard InChI is InChI=1S/C15H20N2O/c1-12(13-6-3-2-4-7-13)17-11-9-15(14(17)18)8-5-10-16-15/h2-4,6-7,12,16H,5,8-11H2,1H3/t12?,15-/m1/s1. The predicted octanol–water partition coefficient (Wildman–Crippen LogP) is 2.10. The van der Waals surface area contributed by atoms with Crippen LogP contribution in [0, 0.1) is 0 Å². The Labute approximate surface area is 108 Å². The molecule has 2 heterocycles. The van der Waals surface area contributed by atoms with Crippen molar-refractivity contribution in [1.29, 1.82) is 0 Å². The maximum Gasteiger partial charge on any atom is 0.243 e. The average Bonchev–Trinajstić information content (AvgIpc) is 3.01. The van der Waals surface area contributed by atoms with Crippen molar-refractivity contribution < 1.29 is 4.79 Å². The summed E-state index contributed by atoms with van der Waals surface area (Å²) in [7, 11) is 0. The highest BCUT2D eigenvalue weighted by Crippen LogP contribution is 2.35. The fourth-order valence-electron chi connectivity index (χ4n) is 3.28. The number of amides is 1. The average molecular weight is 244 g/mol. The highest BCUT2D eigenvalue weighted by atomic mass is 16.2. The fourth-order valence-corrected chi connectivity index (χ4v) is 3.28. The summed E-state index contributed by atoms with van der Waals surface area (Å²) in [6, 6.07) is 10.5. The number of hydrogen-bond acceptors (Lipinski definition) is 2. The summed E-state index contributed by atoms with van der Waals surface area (Å²) >= 11 is 0. The van der Waals surface area contributed by atoms with E-state index in [1.54, 1.807) is 0 Å². The summed E-state index contributed by atoms with van der Waals surface area (Å²) in [5.41, 5.74) is 0.990. The monoisotopic (exact) mass is 244 g/mol. The molecule has 1 aromatic rings. The van der Waals surface area contributed by atoms with Gasteiger partial charge in [0.2, 0.25) is 5.91 Å². The first-order chi connectivity index (χ1) is 8.73. The first-order valence-corrected chi connectivity index (χ1v) is 6.84. The van der Waals surface area contributed by atoms with Gasteiger partial charge in [-0.2, -0.15) is 0 Å². The summed E-state index contributed by atoms with van der Waals surface area (Å²) in [5.74, 6) is 0.302. The lowest BCUT2D eigenvalue weighted by Crippen LogP contribution is -2.47. The van der Waals surface area contributed by atoms with E-state index >= 15 is 0 Å². The number of carbonyl (C=O) groups is 1. The van der Waals surface area contributed by atoms with Gasteiger partial charge >= 0.3 is 0 Å². The zero-order valence-electron chi connectivity index (χ0n) is 10.9. The molecule has 1 spiro atoms. The maximum atomic E-state index is 12.6. The Morgan fingerprint density at radius 2 is 2.06 bits per heavy atom. The molecular weight excluding hydrogens is 224 g/mol. The van der Waals surface area contributed by atoms with E-state index in [0.29, 0.717) is 5.91 Å². The van der Waals surface area contributed by atoms with Crippen molar-refractivity contribution in [3.05, 3.63) is 35.9 Å². The second-order valence-corrected chi connectivity index (χ2v) is 5.45. The van der Waals surface area contributed by atoms with Crippen LogP contribution in [-0.2, 0) is 4.79 Å². The molecule has 3 rings (SSSR count). The summed E-state index contributed by atoms with van der Waals surface area (Å²) in [6.45, 7) is 3.99. The topological polar surface area (TPSA) is 32.3 Å². The van der Waals surface area contributed by atoms with E-state index in [2.05, 4.69) is 24.4 Å². The molecule has 0 radical (unpaired) electrons. The molecule has 0 aliphatic carbocycles. The second-order valence-electron chi connectivity index (χ2n) is 5.45. The molecule has 2 atom stereocenters. The third-order valence-corrected chi connectivity index (χ3v) is 4.44. The molecule has 1 unspecified atom stereocenters. The van der Waals surface area contributed by atoms with Crippen LogP contribution >= 0.6 is 0 Å². The lowest BCUT2D eigenvalue weighted by Gasteiger charge is -2.28. The van der Waals surface area contributed by atoms with Gasteiger partial charge in [0.1, 0.15) is 0 Å². The van der Waals surface area contributed by atoms with Crippen molar-refractivity contribution in [3.63, 3.8) is 0 Å². The maximum absolute atomic E-state index is 12.6. The van der Waals surface area contributed by atoms with Crippen molar-refractivity contribution in [2.75, 3.05) is 13.1 Å². The SMILES string of the molecule is CC(c1ccccc1)N1CC[C@]2(CCCN2)C1=O. The Hall–Kier alpha value is -1.35. The first-order valence-electron chi connectivity index (χ1n) is 6.84. The number of nitrogens with one attached hydrogen (secondary N) is 1. The van der Waals surface area contributed by atoms with Crippen LogP contribution in [0.15, 0.2) is 30.3 Å². The predicted molar refractivity (Wildman–Crippen MR) is 71.2 cm³/mol. The van der Waals surface area contributed by atoms with E-state index in [0.717, 1.165) is 32.4 Å². The number of carbonyl (C=O) groups excluding carboxylic acids is 1. The highest BCUT2D eigenvalue weighted by molar-refractivity contribution is 5.89. The molecule has 2 aliphatic heterocycles. The Morgan fingerprint density at radius 1 is 1.28 bits per heavy atom. The third kappa shape index (κ3) is 1.74. The third-order valence-electron chi connectivity index (χ3n) is 4.44. The molecule has 2 aliphatic rings. The van der Waals surface area contributed by atoms with Crippen LogP contribution in [0.3, 0.4) is 0 Å². The molecule has 0 aromatic heterocycles. The lowest BCUT2D eigenvalue weighted by atomic mass is 9.96. The van der Waals surface area contributed by atoms with Gasteiger partial charge in [-0.1, -0.05) is 30.3 Å². The van der Waals surface area contributed by atoms with Gasteiger partial charge in [-0.25, -0.2) is 0 Å². The van der Waals surface area contributed by atoms with Gasteiger partial charge in [0, 0.05) is 6.54 Å². The lowest BCUT2D eigenvalue weighted by molar-refractivity contribution is -0.134. The van der Waals surface area contributed by atoms with E-state index < -0.39 is 0 Å². The number of rotatable bonds is 2. The Kier molecular flexibility index (Phi) is 2.86.